The van der Waals surface area contributed by atoms with E-state index >= 15 is 0 Å². The van der Waals surface area contributed by atoms with Gasteiger partial charge in [0.05, 0.1) is 0 Å². The van der Waals surface area contributed by atoms with E-state index < -0.39 is 11.5 Å². The van der Waals surface area contributed by atoms with Gasteiger partial charge in [0.1, 0.15) is 5.56 Å². The summed E-state index contributed by atoms with van der Waals surface area (Å²) in [6.07, 6.45) is 1.41. The monoisotopic (exact) mass is 283 g/mol. The summed E-state index contributed by atoms with van der Waals surface area (Å²) in [6.45, 7) is 0. The molecule has 0 saturated heterocycles. The zero-order valence-electron chi connectivity index (χ0n) is 8.91. The smallest absolute Gasteiger partial charge is 0.341 e. The van der Waals surface area contributed by atoms with Gasteiger partial charge in [-0.3, -0.25) is 4.79 Å². The number of aromatic carboxylic acids is 1. The van der Waals surface area contributed by atoms with E-state index in [1.165, 1.54) is 12.3 Å². The van der Waals surface area contributed by atoms with Crippen LogP contribution < -0.4 is 5.56 Å². The van der Waals surface area contributed by atoms with Crippen molar-refractivity contribution in [3.63, 3.8) is 0 Å². The number of carbonyl (C=O) groups is 1. The molecule has 0 spiro atoms. The van der Waals surface area contributed by atoms with Crippen LogP contribution in [0.2, 0.25) is 10.0 Å². The minimum atomic E-state index is -1.29. The number of nitrogens with one attached hydrogen (secondary N) is 1. The van der Waals surface area contributed by atoms with Crippen LogP contribution in [-0.2, 0) is 0 Å². The van der Waals surface area contributed by atoms with Crippen LogP contribution in [0.4, 0.5) is 0 Å². The molecule has 0 amide bonds. The van der Waals surface area contributed by atoms with Gasteiger partial charge < -0.3 is 10.1 Å². The molecule has 6 heteroatoms. The van der Waals surface area contributed by atoms with Gasteiger partial charge in [-0.1, -0.05) is 29.3 Å². The van der Waals surface area contributed by atoms with Crippen molar-refractivity contribution in [2.75, 3.05) is 0 Å². The lowest BCUT2D eigenvalue weighted by molar-refractivity contribution is 0.0695. The fourth-order valence-electron chi connectivity index (χ4n) is 1.52. The Balaban J connectivity index is 2.61. The summed E-state index contributed by atoms with van der Waals surface area (Å²) in [5.41, 5.74) is 0.114. The fourth-order valence-corrected chi connectivity index (χ4v) is 2.04. The van der Waals surface area contributed by atoms with Crippen LogP contribution in [0.3, 0.4) is 0 Å². The minimum absolute atomic E-state index is 0.335. The van der Waals surface area contributed by atoms with Gasteiger partial charge in [0.2, 0.25) is 0 Å². The summed E-state index contributed by atoms with van der Waals surface area (Å²) < 4.78 is 0. The Morgan fingerprint density at radius 2 is 1.94 bits per heavy atom. The normalized spacial score (nSPS) is 10.3. The number of hydrogen-bond donors (Lipinski definition) is 2. The van der Waals surface area contributed by atoms with Gasteiger partial charge in [0.25, 0.3) is 5.56 Å². The van der Waals surface area contributed by atoms with Crippen LogP contribution in [-0.4, -0.2) is 16.1 Å². The Hall–Kier alpha value is -1.78. The zero-order chi connectivity index (χ0) is 13.3. The van der Waals surface area contributed by atoms with Crippen molar-refractivity contribution >= 4 is 29.2 Å². The lowest BCUT2D eigenvalue weighted by atomic mass is 10.1. The van der Waals surface area contributed by atoms with Crippen molar-refractivity contribution in [3.8, 4) is 11.1 Å². The highest BCUT2D eigenvalue weighted by molar-refractivity contribution is 6.36. The highest BCUT2D eigenvalue weighted by Crippen LogP contribution is 2.29. The molecule has 2 aromatic rings. The van der Waals surface area contributed by atoms with E-state index in [0.717, 1.165) is 0 Å². The maximum atomic E-state index is 11.3. The molecule has 0 bridgehead atoms. The van der Waals surface area contributed by atoms with E-state index in [1.807, 2.05) is 0 Å². The first-order valence-corrected chi connectivity index (χ1v) is 5.66. The van der Waals surface area contributed by atoms with Gasteiger partial charge >= 0.3 is 5.97 Å². The molecule has 1 aromatic carbocycles. The fraction of sp³-hybridized carbons (Fsp3) is 0. The van der Waals surface area contributed by atoms with Crippen LogP contribution in [0.5, 0.6) is 0 Å². The van der Waals surface area contributed by atoms with Crippen LogP contribution in [0.25, 0.3) is 11.1 Å². The second-order valence-corrected chi connectivity index (χ2v) is 4.40. The molecule has 18 heavy (non-hydrogen) atoms. The molecular formula is C12H7Cl2NO3. The third-order valence-electron chi connectivity index (χ3n) is 2.38. The Labute approximate surface area is 112 Å². The molecule has 0 saturated carbocycles. The third kappa shape index (κ3) is 2.39. The maximum Gasteiger partial charge on any atom is 0.341 e. The van der Waals surface area contributed by atoms with Crippen LogP contribution in [0, 0.1) is 0 Å². The van der Waals surface area contributed by atoms with Gasteiger partial charge in [-0.15, -0.1) is 0 Å². The average Bonchev–Trinajstić information content (AvgIpc) is 2.30. The number of pyridine rings is 1. The molecule has 0 aliphatic carbocycles. The topological polar surface area (TPSA) is 70.2 Å². The number of carboxylic acid groups (broad SMARTS) is 1. The second-order valence-electron chi connectivity index (χ2n) is 3.56. The highest BCUT2D eigenvalue weighted by atomic mass is 35.5. The summed E-state index contributed by atoms with van der Waals surface area (Å²) in [4.78, 5) is 24.5. The minimum Gasteiger partial charge on any atom is -0.477 e. The Morgan fingerprint density at radius 3 is 2.56 bits per heavy atom. The van der Waals surface area contributed by atoms with E-state index in [-0.39, 0.29) is 5.56 Å². The first-order valence-electron chi connectivity index (χ1n) is 4.90. The molecule has 0 aliphatic heterocycles. The number of halogens is 2. The number of hydrogen-bond acceptors (Lipinski definition) is 2. The molecule has 2 rings (SSSR count). The van der Waals surface area contributed by atoms with Crippen LogP contribution >= 0.6 is 23.2 Å². The first kappa shape index (κ1) is 12.7. The van der Waals surface area contributed by atoms with E-state index in [0.29, 0.717) is 21.2 Å². The molecule has 1 aromatic heterocycles. The molecule has 92 valence electrons. The van der Waals surface area contributed by atoms with E-state index in [1.54, 1.807) is 18.2 Å². The Morgan fingerprint density at radius 1 is 1.22 bits per heavy atom. The molecule has 0 fully saturated rings. The van der Waals surface area contributed by atoms with Crippen molar-refractivity contribution in [2.45, 2.75) is 0 Å². The molecule has 0 atom stereocenters. The number of carboxylic acids is 1. The average molecular weight is 284 g/mol. The quantitative estimate of drug-likeness (QED) is 0.890. The number of H-pyrrole nitrogens is 1. The molecule has 0 aliphatic rings. The number of aromatic amines is 1. The second kappa shape index (κ2) is 4.84. The SMILES string of the molecule is O=C(O)c1cc(-c2ccc(Cl)cc2Cl)c[nH]c1=O. The maximum absolute atomic E-state index is 11.3. The van der Waals surface area contributed by atoms with Crippen molar-refractivity contribution in [2.24, 2.45) is 0 Å². The van der Waals surface area contributed by atoms with Crippen molar-refractivity contribution in [1.29, 1.82) is 0 Å². The number of rotatable bonds is 2. The van der Waals surface area contributed by atoms with Gasteiger partial charge in [0.15, 0.2) is 0 Å². The van der Waals surface area contributed by atoms with E-state index in [9.17, 15) is 9.59 Å². The molecule has 2 N–H and O–H groups in total. The predicted molar refractivity (Wildman–Crippen MR) is 69.5 cm³/mol. The van der Waals surface area contributed by atoms with E-state index in [4.69, 9.17) is 28.3 Å². The first-order chi connectivity index (χ1) is 8.49. The van der Waals surface area contributed by atoms with Gasteiger partial charge in [-0.25, -0.2) is 4.79 Å². The van der Waals surface area contributed by atoms with Crippen LogP contribution in [0.1, 0.15) is 10.4 Å². The Kier molecular flexibility index (Phi) is 3.41. The van der Waals surface area contributed by atoms with Gasteiger partial charge in [-0.05, 0) is 18.2 Å². The third-order valence-corrected chi connectivity index (χ3v) is 2.92. The van der Waals surface area contributed by atoms with Crippen molar-refractivity contribution < 1.29 is 9.90 Å². The molecule has 0 radical (unpaired) electrons. The van der Waals surface area contributed by atoms with Crippen LogP contribution in [0.15, 0.2) is 35.3 Å². The van der Waals surface area contributed by atoms with E-state index in [2.05, 4.69) is 4.98 Å². The molecule has 4 nitrogen and oxygen atoms in total. The largest absolute Gasteiger partial charge is 0.477 e. The van der Waals surface area contributed by atoms with Crippen molar-refractivity contribution in [3.05, 3.63) is 56.4 Å². The van der Waals surface area contributed by atoms with Gasteiger partial charge in [-0.2, -0.15) is 0 Å². The summed E-state index contributed by atoms with van der Waals surface area (Å²) in [6, 6.07) is 6.11. The number of aromatic nitrogens is 1. The summed E-state index contributed by atoms with van der Waals surface area (Å²) in [7, 11) is 0. The highest BCUT2D eigenvalue weighted by Gasteiger charge is 2.12. The molecule has 1 heterocycles. The molecule has 0 unspecified atom stereocenters. The number of benzene rings is 1. The summed E-state index contributed by atoms with van der Waals surface area (Å²) >= 11 is 11.8. The predicted octanol–water partition coefficient (Wildman–Crippen LogP) is 3.05. The summed E-state index contributed by atoms with van der Waals surface area (Å²) in [5.74, 6) is -1.29. The zero-order valence-corrected chi connectivity index (χ0v) is 10.4. The lowest BCUT2D eigenvalue weighted by Crippen LogP contribution is -2.16. The summed E-state index contributed by atoms with van der Waals surface area (Å²) in [5, 5.41) is 9.74. The lowest BCUT2D eigenvalue weighted by Gasteiger charge is -2.05. The van der Waals surface area contributed by atoms with Crippen molar-refractivity contribution in [1.82, 2.24) is 4.98 Å². The molecular weight excluding hydrogens is 277 g/mol. The Bertz CT molecular complexity index is 679. The standard InChI is InChI=1S/C12H7Cl2NO3/c13-7-1-2-8(10(14)4-7)6-3-9(12(17)18)11(16)15-5-6/h1-5H,(H,15,16)(H,17,18). The van der Waals surface area contributed by atoms with Gasteiger partial charge in [0, 0.05) is 27.4 Å².